The number of likely N-dealkylation sites (N-methyl/N-ethyl adjacent to an activating group) is 1. The number of ketones is 1. The van der Waals surface area contributed by atoms with E-state index in [2.05, 4.69) is 22.0 Å². The van der Waals surface area contributed by atoms with Crippen LogP contribution < -0.4 is 0 Å². The zero-order valence-corrected chi connectivity index (χ0v) is 15.3. The Labute approximate surface area is 150 Å². The van der Waals surface area contributed by atoms with Crippen LogP contribution in [0.25, 0.3) is 10.8 Å². The van der Waals surface area contributed by atoms with Gasteiger partial charge < -0.3 is 14.2 Å². The monoisotopic (exact) mass is 362 g/mol. The van der Waals surface area contributed by atoms with Crippen LogP contribution in [0.2, 0.25) is 0 Å². The molecule has 1 aliphatic heterocycles. The van der Waals surface area contributed by atoms with Gasteiger partial charge in [0.15, 0.2) is 5.78 Å². The number of carbonyl (C=O) groups excluding carboxylic acids is 2. The second kappa shape index (κ2) is 7.88. The Morgan fingerprint density at radius 2 is 1.96 bits per heavy atom. The number of aryl methyl sites for hydroxylation is 1. The van der Waals surface area contributed by atoms with E-state index in [4.69, 9.17) is 4.42 Å². The van der Waals surface area contributed by atoms with Gasteiger partial charge in [0.2, 0.25) is 11.8 Å². The van der Waals surface area contributed by atoms with Gasteiger partial charge in [-0.2, -0.15) is 0 Å². The maximum absolute atomic E-state index is 12.3. The third-order valence-corrected chi connectivity index (χ3v) is 5.53. The second-order valence-electron chi connectivity index (χ2n) is 6.04. The summed E-state index contributed by atoms with van der Waals surface area (Å²) in [5.41, 5.74) is 0. The highest BCUT2D eigenvalue weighted by Crippen LogP contribution is 2.27. The van der Waals surface area contributed by atoms with Crippen LogP contribution in [0.3, 0.4) is 0 Å². The highest BCUT2D eigenvalue weighted by Gasteiger charge is 2.21. The molecule has 0 saturated carbocycles. The molecule has 3 rings (SSSR count). The summed E-state index contributed by atoms with van der Waals surface area (Å²) in [5, 5.41) is 8.04. The first-order chi connectivity index (χ1) is 12.1. The minimum atomic E-state index is 0.0183. The standard InChI is InChI=1S/C17H22N4O3S/c1-3-20-8-10-21(11-9-20)16(23)7-6-15-18-19-17(24-15)14-5-4-13(25-14)12(2)22/h4-5H,3,6-11H2,1-2H3. The first-order valence-electron chi connectivity index (χ1n) is 8.50. The predicted octanol–water partition coefficient (Wildman–Crippen LogP) is 2.10. The molecule has 134 valence electrons. The summed E-state index contributed by atoms with van der Waals surface area (Å²) in [5.74, 6) is 1.00. The van der Waals surface area contributed by atoms with E-state index in [0.717, 1.165) is 37.6 Å². The van der Waals surface area contributed by atoms with Gasteiger partial charge in [-0.1, -0.05) is 6.92 Å². The van der Waals surface area contributed by atoms with E-state index in [9.17, 15) is 9.59 Å². The summed E-state index contributed by atoms with van der Waals surface area (Å²) in [6, 6.07) is 3.56. The number of hydrogen-bond acceptors (Lipinski definition) is 7. The van der Waals surface area contributed by atoms with Crippen molar-refractivity contribution in [3.05, 3.63) is 22.9 Å². The largest absolute Gasteiger partial charge is 0.420 e. The molecular formula is C17H22N4O3S. The second-order valence-corrected chi connectivity index (χ2v) is 7.12. The van der Waals surface area contributed by atoms with Crippen molar-refractivity contribution < 1.29 is 14.0 Å². The predicted molar refractivity (Wildman–Crippen MR) is 94.6 cm³/mol. The number of hydrogen-bond donors (Lipinski definition) is 0. The van der Waals surface area contributed by atoms with Gasteiger partial charge in [-0.15, -0.1) is 21.5 Å². The Balaban J connectivity index is 1.53. The lowest BCUT2D eigenvalue weighted by Gasteiger charge is -2.34. The number of rotatable bonds is 6. The van der Waals surface area contributed by atoms with E-state index in [0.29, 0.717) is 29.5 Å². The van der Waals surface area contributed by atoms with Crippen LogP contribution in [0.15, 0.2) is 16.5 Å². The van der Waals surface area contributed by atoms with Gasteiger partial charge >= 0.3 is 0 Å². The summed E-state index contributed by atoms with van der Waals surface area (Å²) in [6.07, 6.45) is 0.807. The molecule has 0 spiro atoms. The summed E-state index contributed by atoms with van der Waals surface area (Å²) in [6.45, 7) is 8.13. The van der Waals surface area contributed by atoms with Crippen LogP contribution in [0.4, 0.5) is 0 Å². The van der Waals surface area contributed by atoms with E-state index in [-0.39, 0.29) is 11.7 Å². The molecule has 7 nitrogen and oxygen atoms in total. The summed E-state index contributed by atoms with van der Waals surface area (Å²) < 4.78 is 5.63. The molecule has 25 heavy (non-hydrogen) atoms. The van der Waals surface area contributed by atoms with Crippen molar-refractivity contribution in [2.45, 2.75) is 26.7 Å². The average Bonchev–Trinajstić information content (AvgIpc) is 3.29. The fourth-order valence-electron chi connectivity index (χ4n) is 2.78. The van der Waals surface area contributed by atoms with Crippen LogP contribution in [-0.2, 0) is 11.2 Å². The van der Waals surface area contributed by atoms with E-state index in [1.54, 1.807) is 12.1 Å². The molecular weight excluding hydrogens is 340 g/mol. The van der Waals surface area contributed by atoms with Crippen molar-refractivity contribution >= 4 is 23.0 Å². The van der Waals surface area contributed by atoms with Gasteiger partial charge in [-0.25, -0.2) is 0 Å². The van der Waals surface area contributed by atoms with Gasteiger partial charge in [0.25, 0.3) is 5.89 Å². The Kier molecular flexibility index (Phi) is 5.60. The molecule has 0 unspecified atom stereocenters. The molecule has 1 fully saturated rings. The van der Waals surface area contributed by atoms with Crippen molar-refractivity contribution in [1.29, 1.82) is 0 Å². The number of aromatic nitrogens is 2. The number of carbonyl (C=O) groups is 2. The lowest BCUT2D eigenvalue weighted by molar-refractivity contribution is -0.132. The summed E-state index contributed by atoms with van der Waals surface area (Å²) in [4.78, 5) is 29.3. The Bertz CT molecular complexity index is 747. The fraction of sp³-hybridized carbons (Fsp3) is 0.529. The lowest BCUT2D eigenvalue weighted by atomic mass is 10.2. The number of nitrogens with zero attached hydrogens (tertiary/aromatic N) is 4. The molecule has 0 aromatic carbocycles. The van der Waals surface area contributed by atoms with Crippen molar-refractivity contribution in [3.8, 4) is 10.8 Å². The van der Waals surface area contributed by atoms with Gasteiger partial charge in [0.1, 0.15) is 0 Å². The SMILES string of the molecule is CCN1CCN(C(=O)CCc2nnc(-c3ccc(C(C)=O)s3)o2)CC1. The van der Waals surface area contributed by atoms with E-state index >= 15 is 0 Å². The maximum atomic E-state index is 12.3. The summed E-state index contributed by atoms with van der Waals surface area (Å²) >= 11 is 1.33. The molecule has 8 heteroatoms. The maximum Gasteiger partial charge on any atom is 0.257 e. The molecule has 1 amide bonds. The number of amides is 1. The van der Waals surface area contributed by atoms with Gasteiger partial charge in [0, 0.05) is 39.0 Å². The van der Waals surface area contributed by atoms with Crippen LogP contribution in [-0.4, -0.2) is 64.4 Å². The molecule has 0 radical (unpaired) electrons. The highest BCUT2D eigenvalue weighted by molar-refractivity contribution is 7.17. The molecule has 2 aromatic rings. The fourth-order valence-corrected chi connectivity index (χ4v) is 3.60. The van der Waals surface area contributed by atoms with Crippen LogP contribution in [0.5, 0.6) is 0 Å². The Morgan fingerprint density at radius 3 is 2.60 bits per heavy atom. The van der Waals surface area contributed by atoms with Crippen molar-refractivity contribution in [2.24, 2.45) is 0 Å². The molecule has 0 atom stereocenters. The zero-order valence-electron chi connectivity index (χ0n) is 14.5. The minimum Gasteiger partial charge on any atom is -0.420 e. The quantitative estimate of drug-likeness (QED) is 0.732. The Hall–Kier alpha value is -2.06. The van der Waals surface area contributed by atoms with Gasteiger partial charge in [-0.3, -0.25) is 9.59 Å². The molecule has 0 aliphatic carbocycles. The molecule has 1 saturated heterocycles. The summed E-state index contributed by atoms with van der Waals surface area (Å²) in [7, 11) is 0. The van der Waals surface area contributed by atoms with Crippen LogP contribution in [0, 0.1) is 0 Å². The van der Waals surface area contributed by atoms with E-state index in [1.807, 2.05) is 4.90 Å². The molecule has 0 bridgehead atoms. The zero-order chi connectivity index (χ0) is 17.8. The molecule has 1 aliphatic rings. The average molecular weight is 362 g/mol. The Morgan fingerprint density at radius 1 is 1.20 bits per heavy atom. The number of thiophene rings is 1. The van der Waals surface area contributed by atoms with Crippen molar-refractivity contribution in [1.82, 2.24) is 20.0 Å². The molecule has 2 aromatic heterocycles. The number of piperazine rings is 1. The van der Waals surface area contributed by atoms with Crippen LogP contribution >= 0.6 is 11.3 Å². The normalized spacial score (nSPS) is 15.5. The number of Topliss-reactive ketones (excluding diaryl/α,β-unsaturated/α-hetero) is 1. The topological polar surface area (TPSA) is 79.5 Å². The van der Waals surface area contributed by atoms with E-state index < -0.39 is 0 Å². The van der Waals surface area contributed by atoms with E-state index in [1.165, 1.54) is 18.3 Å². The molecule has 0 N–H and O–H groups in total. The first kappa shape index (κ1) is 17.8. The van der Waals surface area contributed by atoms with Crippen LogP contribution in [0.1, 0.15) is 35.8 Å². The third kappa shape index (κ3) is 4.32. The van der Waals surface area contributed by atoms with Crippen molar-refractivity contribution in [3.63, 3.8) is 0 Å². The van der Waals surface area contributed by atoms with Crippen molar-refractivity contribution in [2.75, 3.05) is 32.7 Å². The van der Waals surface area contributed by atoms with Gasteiger partial charge in [0.05, 0.1) is 9.75 Å². The van der Waals surface area contributed by atoms with Gasteiger partial charge in [-0.05, 0) is 25.6 Å². The smallest absolute Gasteiger partial charge is 0.257 e. The first-order valence-corrected chi connectivity index (χ1v) is 9.32. The lowest BCUT2D eigenvalue weighted by Crippen LogP contribution is -2.48. The highest BCUT2D eigenvalue weighted by atomic mass is 32.1. The molecule has 3 heterocycles. The third-order valence-electron chi connectivity index (χ3n) is 4.36. The minimum absolute atomic E-state index is 0.0183.